The van der Waals surface area contributed by atoms with E-state index >= 15 is 0 Å². The normalized spacial score (nSPS) is 16.5. The molecular weight excluding hydrogens is 320 g/mol. The zero-order chi connectivity index (χ0) is 16.7. The Morgan fingerprint density at radius 3 is 2.57 bits per heavy atom. The van der Waals surface area contributed by atoms with Crippen molar-refractivity contribution in [1.29, 1.82) is 0 Å². The second kappa shape index (κ2) is 5.31. The van der Waals surface area contributed by atoms with Gasteiger partial charge in [-0.3, -0.25) is 14.6 Å². The van der Waals surface area contributed by atoms with Crippen molar-refractivity contribution < 1.29 is 23.1 Å². The standard InChI is InChI=1S/C15H14N2O5S/c18-13(15(14(19)20)6-2-7-15)17-23(21,22)12-4-1-3-10-9-16-8-5-11(10)12/h1,3-5,8-9H,2,6-7H2,(H,17,18)(H,19,20). The lowest BCUT2D eigenvalue weighted by Gasteiger charge is -2.35. The van der Waals surface area contributed by atoms with E-state index in [0.717, 1.165) is 0 Å². The Kier molecular flexibility index (Phi) is 3.56. The van der Waals surface area contributed by atoms with Crippen molar-refractivity contribution >= 4 is 32.7 Å². The molecule has 1 amide bonds. The number of carboxylic acid groups (broad SMARTS) is 1. The third-order valence-electron chi connectivity index (χ3n) is 4.21. The highest BCUT2D eigenvalue weighted by atomic mass is 32.2. The maximum atomic E-state index is 12.5. The molecular formula is C15H14N2O5S. The summed E-state index contributed by atoms with van der Waals surface area (Å²) in [5, 5.41) is 10.3. The number of pyridine rings is 1. The highest BCUT2D eigenvalue weighted by molar-refractivity contribution is 7.90. The molecule has 1 heterocycles. The summed E-state index contributed by atoms with van der Waals surface area (Å²) >= 11 is 0. The van der Waals surface area contributed by atoms with Crippen LogP contribution in [-0.4, -0.2) is 30.4 Å². The van der Waals surface area contributed by atoms with Crippen LogP contribution in [0.5, 0.6) is 0 Å². The molecule has 1 aliphatic carbocycles. The fraction of sp³-hybridized carbons (Fsp3) is 0.267. The van der Waals surface area contributed by atoms with Gasteiger partial charge in [-0.05, 0) is 25.0 Å². The monoisotopic (exact) mass is 334 g/mol. The third kappa shape index (κ3) is 2.44. The highest BCUT2D eigenvalue weighted by Crippen LogP contribution is 2.41. The summed E-state index contributed by atoms with van der Waals surface area (Å²) in [4.78, 5) is 27.4. The first-order chi connectivity index (χ1) is 10.9. The van der Waals surface area contributed by atoms with Gasteiger partial charge in [0.25, 0.3) is 15.9 Å². The zero-order valence-corrected chi connectivity index (χ0v) is 12.8. The molecule has 1 aliphatic rings. The van der Waals surface area contributed by atoms with Crippen LogP contribution in [0.15, 0.2) is 41.6 Å². The topological polar surface area (TPSA) is 113 Å². The minimum Gasteiger partial charge on any atom is -0.480 e. The summed E-state index contributed by atoms with van der Waals surface area (Å²) in [7, 11) is -4.17. The molecule has 23 heavy (non-hydrogen) atoms. The van der Waals surface area contributed by atoms with Crippen LogP contribution >= 0.6 is 0 Å². The van der Waals surface area contributed by atoms with Gasteiger partial charge in [0.1, 0.15) is 5.41 Å². The SMILES string of the molecule is O=C(O)C1(C(=O)NS(=O)(=O)c2cccc3cnccc23)CCC1. The van der Waals surface area contributed by atoms with Gasteiger partial charge in [-0.15, -0.1) is 0 Å². The summed E-state index contributed by atoms with van der Waals surface area (Å²) in [5.74, 6) is -2.28. The zero-order valence-electron chi connectivity index (χ0n) is 12.0. The van der Waals surface area contributed by atoms with Gasteiger partial charge < -0.3 is 5.11 Å². The number of amides is 1. The molecule has 0 bridgehead atoms. The largest absolute Gasteiger partial charge is 0.480 e. The van der Waals surface area contributed by atoms with Crippen molar-refractivity contribution in [2.45, 2.75) is 24.2 Å². The molecule has 3 rings (SSSR count). The number of aromatic nitrogens is 1. The molecule has 0 aliphatic heterocycles. The van der Waals surface area contributed by atoms with E-state index in [1.54, 1.807) is 12.1 Å². The van der Waals surface area contributed by atoms with Crippen LogP contribution in [-0.2, 0) is 19.6 Å². The lowest BCUT2D eigenvalue weighted by molar-refractivity contribution is -0.161. The summed E-state index contributed by atoms with van der Waals surface area (Å²) in [6, 6.07) is 6.14. The maximum absolute atomic E-state index is 12.5. The second-order valence-corrected chi connectivity index (χ2v) is 7.18. The predicted molar refractivity (Wildman–Crippen MR) is 81.0 cm³/mol. The van der Waals surface area contributed by atoms with Gasteiger partial charge in [0, 0.05) is 23.2 Å². The molecule has 2 N–H and O–H groups in total. The molecule has 120 valence electrons. The average Bonchev–Trinajstić information content (AvgIpc) is 2.44. The van der Waals surface area contributed by atoms with Gasteiger partial charge in [-0.2, -0.15) is 0 Å². The fourth-order valence-corrected chi connectivity index (χ4v) is 3.95. The Labute approximate surface area is 132 Å². The van der Waals surface area contributed by atoms with Crippen LogP contribution in [0.25, 0.3) is 10.8 Å². The molecule has 1 aromatic heterocycles. The van der Waals surface area contributed by atoms with E-state index in [4.69, 9.17) is 0 Å². The van der Waals surface area contributed by atoms with Crippen molar-refractivity contribution in [3.8, 4) is 0 Å². The molecule has 1 fully saturated rings. The van der Waals surface area contributed by atoms with Crippen molar-refractivity contribution in [3.63, 3.8) is 0 Å². The van der Waals surface area contributed by atoms with E-state index in [2.05, 4.69) is 4.98 Å². The Bertz CT molecular complexity index is 898. The maximum Gasteiger partial charge on any atom is 0.319 e. The summed E-state index contributed by atoms with van der Waals surface area (Å²) in [5.41, 5.74) is -1.64. The number of carboxylic acids is 1. The number of hydrogen-bond donors (Lipinski definition) is 2. The van der Waals surface area contributed by atoms with Gasteiger partial charge in [0.2, 0.25) is 0 Å². The van der Waals surface area contributed by atoms with E-state index in [-0.39, 0.29) is 17.7 Å². The number of nitrogens with zero attached hydrogens (tertiary/aromatic N) is 1. The molecule has 1 aromatic carbocycles. The van der Waals surface area contributed by atoms with Crippen LogP contribution in [0.2, 0.25) is 0 Å². The molecule has 0 spiro atoms. The number of carbonyl (C=O) groups is 2. The number of nitrogens with one attached hydrogen (secondary N) is 1. The summed E-state index contributed by atoms with van der Waals surface area (Å²) in [6.07, 6.45) is 3.83. The first-order valence-corrected chi connectivity index (χ1v) is 8.48. The van der Waals surface area contributed by atoms with Crippen LogP contribution < -0.4 is 4.72 Å². The lowest BCUT2D eigenvalue weighted by Crippen LogP contribution is -2.52. The molecule has 1 saturated carbocycles. The Balaban J connectivity index is 1.99. The molecule has 0 saturated heterocycles. The Hall–Kier alpha value is -2.48. The first-order valence-electron chi connectivity index (χ1n) is 7.00. The van der Waals surface area contributed by atoms with Crippen molar-refractivity contribution in [2.75, 3.05) is 0 Å². The van der Waals surface area contributed by atoms with Gasteiger partial charge in [0.05, 0.1) is 4.90 Å². The minimum atomic E-state index is -4.17. The predicted octanol–water partition coefficient (Wildman–Crippen LogP) is 1.29. The Morgan fingerprint density at radius 2 is 1.96 bits per heavy atom. The van der Waals surface area contributed by atoms with Crippen molar-refractivity contribution in [1.82, 2.24) is 9.71 Å². The molecule has 0 unspecified atom stereocenters. The molecule has 0 radical (unpaired) electrons. The van der Waals surface area contributed by atoms with E-state index in [9.17, 15) is 23.1 Å². The van der Waals surface area contributed by atoms with Crippen LogP contribution in [0, 0.1) is 5.41 Å². The number of rotatable bonds is 4. The van der Waals surface area contributed by atoms with Gasteiger partial charge >= 0.3 is 5.97 Å². The van der Waals surface area contributed by atoms with E-state index in [1.807, 2.05) is 4.72 Å². The number of carbonyl (C=O) groups excluding carboxylic acids is 1. The quantitative estimate of drug-likeness (QED) is 0.815. The van der Waals surface area contributed by atoms with Crippen molar-refractivity contribution in [2.24, 2.45) is 5.41 Å². The van der Waals surface area contributed by atoms with Gasteiger partial charge in [-0.25, -0.2) is 13.1 Å². The molecule has 7 nitrogen and oxygen atoms in total. The van der Waals surface area contributed by atoms with Crippen LogP contribution in [0.4, 0.5) is 0 Å². The van der Waals surface area contributed by atoms with Crippen LogP contribution in [0.1, 0.15) is 19.3 Å². The number of fused-ring (bicyclic) bond motifs is 1. The average molecular weight is 334 g/mol. The smallest absolute Gasteiger partial charge is 0.319 e. The van der Waals surface area contributed by atoms with Crippen LogP contribution in [0.3, 0.4) is 0 Å². The highest BCUT2D eigenvalue weighted by Gasteiger charge is 2.52. The van der Waals surface area contributed by atoms with Gasteiger partial charge in [0.15, 0.2) is 0 Å². The summed E-state index contributed by atoms with van der Waals surface area (Å²) in [6.45, 7) is 0. The minimum absolute atomic E-state index is 0.0781. The lowest BCUT2D eigenvalue weighted by atomic mass is 9.68. The third-order valence-corrected chi connectivity index (χ3v) is 5.60. The molecule has 8 heteroatoms. The van der Waals surface area contributed by atoms with E-state index in [1.165, 1.54) is 24.5 Å². The first kappa shape index (κ1) is 15.4. The fourth-order valence-electron chi connectivity index (χ4n) is 2.67. The summed E-state index contributed by atoms with van der Waals surface area (Å²) < 4.78 is 27.0. The molecule has 0 atom stereocenters. The number of hydrogen-bond acceptors (Lipinski definition) is 5. The number of sulfonamides is 1. The van der Waals surface area contributed by atoms with Crippen molar-refractivity contribution in [3.05, 3.63) is 36.7 Å². The van der Waals surface area contributed by atoms with E-state index in [0.29, 0.717) is 17.2 Å². The number of benzene rings is 1. The van der Waals surface area contributed by atoms with Gasteiger partial charge in [-0.1, -0.05) is 18.6 Å². The second-order valence-electron chi connectivity index (χ2n) is 5.53. The molecule has 2 aromatic rings. The Morgan fingerprint density at radius 1 is 1.22 bits per heavy atom. The number of aliphatic carboxylic acids is 1. The van der Waals surface area contributed by atoms with E-state index < -0.39 is 27.3 Å².